The molecule has 0 bridgehead atoms. The molecule has 4 heteroatoms. The Balaban J connectivity index is 0.00000162. The van der Waals surface area contributed by atoms with Crippen LogP contribution in [0.1, 0.15) is 30.4 Å². The molecule has 1 aromatic rings. The molecule has 0 spiro atoms. The Bertz CT molecular complexity index is 409. The Morgan fingerprint density at radius 2 is 2.22 bits per heavy atom. The summed E-state index contributed by atoms with van der Waals surface area (Å²) in [6.07, 6.45) is 2.74. The van der Waals surface area contributed by atoms with E-state index < -0.39 is 0 Å². The van der Waals surface area contributed by atoms with Crippen LogP contribution in [-0.4, -0.2) is 11.9 Å². The second-order valence-corrected chi connectivity index (χ2v) is 4.98. The molecule has 0 radical (unpaired) electrons. The quantitative estimate of drug-likeness (QED) is 0.883. The molecule has 2 atom stereocenters. The SMILES string of the molecule is Cc1cccc(CNC(=O)C2CCC(N)C2)c1.Cl. The van der Waals surface area contributed by atoms with E-state index in [9.17, 15) is 4.79 Å². The van der Waals surface area contributed by atoms with Gasteiger partial charge in [-0.05, 0) is 31.7 Å². The van der Waals surface area contributed by atoms with Gasteiger partial charge in [-0.2, -0.15) is 0 Å². The Morgan fingerprint density at radius 1 is 1.44 bits per heavy atom. The fourth-order valence-corrected chi connectivity index (χ4v) is 2.41. The summed E-state index contributed by atoms with van der Waals surface area (Å²) < 4.78 is 0. The number of aryl methyl sites for hydroxylation is 1. The fraction of sp³-hybridized carbons (Fsp3) is 0.500. The van der Waals surface area contributed by atoms with E-state index >= 15 is 0 Å². The van der Waals surface area contributed by atoms with E-state index in [1.165, 1.54) is 5.56 Å². The van der Waals surface area contributed by atoms with Crippen molar-refractivity contribution in [1.82, 2.24) is 5.32 Å². The average Bonchev–Trinajstić information content (AvgIpc) is 2.73. The molecule has 3 N–H and O–H groups in total. The van der Waals surface area contributed by atoms with E-state index in [1.807, 2.05) is 12.1 Å². The highest BCUT2D eigenvalue weighted by molar-refractivity contribution is 5.85. The van der Waals surface area contributed by atoms with Crippen LogP contribution in [0.25, 0.3) is 0 Å². The van der Waals surface area contributed by atoms with Crippen molar-refractivity contribution in [1.29, 1.82) is 0 Å². The summed E-state index contributed by atoms with van der Waals surface area (Å²) >= 11 is 0. The number of carbonyl (C=O) groups is 1. The van der Waals surface area contributed by atoms with Gasteiger partial charge in [-0.25, -0.2) is 0 Å². The summed E-state index contributed by atoms with van der Waals surface area (Å²) in [4.78, 5) is 11.9. The topological polar surface area (TPSA) is 55.1 Å². The molecule has 1 amide bonds. The van der Waals surface area contributed by atoms with Crippen molar-refractivity contribution in [3.63, 3.8) is 0 Å². The molecule has 2 unspecified atom stereocenters. The van der Waals surface area contributed by atoms with Crippen LogP contribution in [0.4, 0.5) is 0 Å². The van der Waals surface area contributed by atoms with Gasteiger partial charge in [0, 0.05) is 18.5 Å². The summed E-state index contributed by atoms with van der Waals surface area (Å²) in [5, 5.41) is 2.99. The molecule has 1 aliphatic rings. The second-order valence-electron chi connectivity index (χ2n) is 4.98. The summed E-state index contributed by atoms with van der Waals surface area (Å²) in [5.41, 5.74) is 8.19. The normalized spacial score (nSPS) is 22.3. The lowest BCUT2D eigenvalue weighted by Gasteiger charge is -2.11. The molecule has 1 fully saturated rings. The Kier molecular flexibility index (Phi) is 5.63. The van der Waals surface area contributed by atoms with E-state index in [2.05, 4.69) is 24.4 Å². The molecule has 0 aromatic heterocycles. The third-order valence-corrected chi connectivity index (χ3v) is 3.39. The van der Waals surface area contributed by atoms with Gasteiger partial charge < -0.3 is 11.1 Å². The molecular weight excluding hydrogens is 248 g/mol. The van der Waals surface area contributed by atoms with Crippen molar-refractivity contribution < 1.29 is 4.79 Å². The highest BCUT2D eigenvalue weighted by Crippen LogP contribution is 2.24. The fourth-order valence-electron chi connectivity index (χ4n) is 2.41. The molecule has 1 saturated carbocycles. The van der Waals surface area contributed by atoms with Crippen molar-refractivity contribution in [2.45, 2.75) is 38.8 Å². The van der Waals surface area contributed by atoms with Crippen molar-refractivity contribution in [2.24, 2.45) is 11.7 Å². The number of benzene rings is 1. The first-order valence-electron chi connectivity index (χ1n) is 6.24. The Morgan fingerprint density at radius 3 is 2.83 bits per heavy atom. The first-order valence-corrected chi connectivity index (χ1v) is 6.24. The minimum Gasteiger partial charge on any atom is -0.352 e. The Labute approximate surface area is 115 Å². The maximum Gasteiger partial charge on any atom is 0.223 e. The molecule has 0 heterocycles. The minimum atomic E-state index is 0. The van der Waals surface area contributed by atoms with Gasteiger partial charge in [-0.3, -0.25) is 4.79 Å². The monoisotopic (exact) mass is 268 g/mol. The van der Waals surface area contributed by atoms with Gasteiger partial charge in [0.15, 0.2) is 0 Å². The van der Waals surface area contributed by atoms with Gasteiger partial charge >= 0.3 is 0 Å². The third kappa shape index (κ3) is 4.00. The van der Waals surface area contributed by atoms with Crippen LogP contribution < -0.4 is 11.1 Å². The summed E-state index contributed by atoms with van der Waals surface area (Å²) in [6, 6.07) is 8.42. The highest BCUT2D eigenvalue weighted by Gasteiger charge is 2.27. The van der Waals surface area contributed by atoms with E-state index in [0.717, 1.165) is 24.8 Å². The minimum absolute atomic E-state index is 0. The summed E-state index contributed by atoms with van der Waals surface area (Å²) in [6.45, 7) is 2.67. The molecule has 3 nitrogen and oxygen atoms in total. The number of nitrogens with two attached hydrogens (primary N) is 1. The van der Waals surface area contributed by atoms with Crippen molar-refractivity contribution in [3.8, 4) is 0 Å². The maximum atomic E-state index is 11.9. The smallest absolute Gasteiger partial charge is 0.223 e. The summed E-state index contributed by atoms with van der Waals surface area (Å²) in [5.74, 6) is 0.272. The molecule has 0 saturated heterocycles. The molecule has 0 aliphatic heterocycles. The van der Waals surface area contributed by atoms with Gasteiger partial charge in [-0.1, -0.05) is 29.8 Å². The number of halogens is 1. The van der Waals surface area contributed by atoms with Crippen molar-refractivity contribution in [3.05, 3.63) is 35.4 Å². The number of nitrogens with one attached hydrogen (secondary N) is 1. The van der Waals surface area contributed by atoms with Gasteiger partial charge in [0.2, 0.25) is 5.91 Å². The van der Waals surface area contributed by atoms with Crippen molar-refractivity contribution >= 4 is 18.3 Å². The third-order valence-electron chi connectivity index (χ3n) is 3.39. The zero-order valence-corrected chi connectivity index (χ0v) is 11.5. The van der Waals surface area contributed by atoms with E-state index in [1.54, 1.807) is 0 Å². The molecule has 18 heavy (non-hydrogen) atoms. The van der Waals surface area contributed by atoms with Gasteiger partial charge in [0.25, 0.3) is 0 Å². The standard InChI is InChI=1S/C14H20N2O.ClH/c1-10-3-2-4-11(7-10)9-16-14(17)12-5-6-13(15)8-12;/h2-4,7,12-13H,5-6,8-9,15H2,1H3,(H,16,17);1H. The molecule has 2 rings (SSSR count). The number of carbonyl (C=O) groups excluding carboxylic acids is 1. The second kappa shape index (κ2) is 6.76. The van der Waals surface area contributed by atoms with Crippen LogP contribution in [0.3, 0.4) is 0 Å². The van der Waals surface area contributed by atoms with Gasteiger partial charge in [-0.15, -0.1) is 12.4 Å². The van der Waals surface area contributed by atoms with Crippen LogP contribution in [0, 0.1) is 12.8 Å². The zero-order valence-electron chi connectivity index (χ0n) is 10.7. The molecule has 100 valence electrons. The lowest BCUT2D eigenvalue weighted by Crippen LogP contribution is -2.29. The molecule has 1 aliphatic carbocycles. The van der Waals surface area contributed by atoms with Crippen LogP contribution in [-0.2, 0) is 11.3 Å². The lowest BCUT2D eigenvalue weighted by molar-refractivity contribution is -0.125. The van der Waals surface area contributed by atoms with Crippen LogP contribution >= 0.6 is 12.4 Å². The van der Waals surface area contributed by atoms with Gasteiger partial charge in [0.1, 0.15) is 0 Å². The van der Waals surface area contributed by atoms with E-state index in [4.69, 9.17) is 5.73 Å². The number of hydrogen-bond acceptors (Lipinski definition) is 2. The van der Waals surface area contributed by atoms with E-state index in [0.29, 0.717) is 6.54 Å². The van der Waals surface area contributed by atoms with Crippen LogP contribution in [0.5, 0.6) is 0 Å². The first kappa shape index (κ1) is 15.0. The van der Waals surface area contributed by atoms with Crippen LogP contribution in [0.2, 0.25) is 0 Å². The average molecular weight is 269 g/mol. The largest absolute Gasteiger partial charge is 0.352 e. The maximum absolute atomic E-state index is 11.9. The van der Waals surface area contributed by atoms with E-state index in [-0.39, 0.29) is 30.3 Å². The lowest BCUT2D eigenvalue weighted by atomic mass is 10.1. The zero-order chi connectivity index (χ0) is 12.3. The number of rotatable bonds is 3. The summed E-state index contributed by atoms with van der Waals surface area (Å²) in [7, 11) is 0. The number of amides is 1. The van der Waals surface area contributed by atoms with Crippen molar-refractivity contribution in [2.75, 3.05) is 0 Å². The Hall–Kier alpha value is -1.06. The number of hydrogen-bond donors (Lipinski definition) is 2. The first-order chi connectivity index (χ1) is 8.15. The van der Waals surface area contributed by atoms with Gasteiger partial charge in [0.05, 0.1) is 0 Å². The molecular formula is C14H21ClN2O. The predicted octanol–water partition coefficient (Wildman–Crippen LogP) is 2.16. The highest BCUT2D eigenvalue weighted by atomic mass is 35.5. The van der Waals surface area contributed by atoms with Crippen LogP contribution in [0.15, 0.2) is 24.3 Å². The predicted molar refractivity (Wildman–Crippen MR) is 75.6 cm³/mol. The molecule has 1 aromatic carbocycles.